The molecule has 0 N–H and O–H groups in total. The fourth-order valence-electron chi connectivity index (χ4n) is 1.97. The molecule has 1 saturated heterocycles. The molecule has 6 heteroatoms. The third-order valence-corrected chi connectivity index (χ3v) is 5.11. The molecule has 18 heavy (non-hydrogen) atoms. The Morgan fingerprint density at radius 3 is 2.56 bits per heavy atom. The highest BCUT2D eigenvalue weighted by atomic mass is 32.2. The van der Waals surface area contributed by atoms with Crippen LogP contribution in [0, 0.1) is 17.2 Å². The van der Waals surface area contributed by atoms with Crippen molar-refractivity contribution in [3.8, 4) is 6.07 Å². The minimum atomic E-state index is -3.45. The molecule has 1 aliphatic heterocycles. The smallest absolute Gasteiger partial charge is 0.244 e. The van der Waals surface area contributed by atoms with E-state index >= 15 is 0 Å². The van der Waals surface area contributed by atoms with Crippen molar-refractivity contribution in [2.75, 3.05) is 13.1 Å². The summed E-state index contributed by atoms with van der Waals surface area (Å²) in [6.07, 6.45) is 3.04. The van der Waals surface area contributed by atoms with Gasteiger partial charge in [-0.2, -0.15) is 9.57 Å². The van der Waals surface area contributed by atoms with Crippen LogP contribution in [0.3, 0.4) is 0 Å². The summed E-state index contributed by atoms with van der Waals surface area (Å²) in [5.41, 5.74) is 0.223. The molecular weight excluding hydrogens is 250 g/mol. The second-order valence-electron chi connectivity index (χ2n) is 4.58. The van der Waals surface area contributed by atoms with E-state index < -0.39 is 10.0 Å². The number of aromatic nitrogens is 1. The Kier molecular flexibility index (Phi) is 3.64. The molecule has 2 rings (SSSR count). The first kappa shape index (κ1) is 13.0. The molecule has 0 radical (unpaired) electrons. The Bertz CT molecular complexity index is 552. The molecule has 0 bridgehead atoms. The Hall–Kier alpha value is -1.45. The van der Waals surface area contributed by atoms with Crippen molar-refractivity contribution in [3.05, 3.63) is 24.0 Å². The third kappa shape index (κ3) is 2.52. The van der Waals surface area contributed by atoms with Gasteiger partial charge in [0.2, 0.25) is 10.0 Å². The number of hydrogen-bond donors (Lipinski definition) is 0. The Morgan fingerprint density at radius 1 is 1.39 bits per heavy atom. The standard InChI is InChI=1S/C12H15N3O2S/c1-10-4-6-15(7-5-10)18(16,17)12-3-2-11(8-13)14-9-12/h2-3,9-10H,4-7H2,1H3. The molecular formula is C12H15N3O2S. The number of nitriles is 1. The topological polar surface area (TPSA) is 74.1 Å². The molecule has 5 nitrogen and oxygen atoms in total. The zero-order valence-corrected chi connectivity index (χ0v) is 11.0. The first-order valence-electron chi connectivity index (χ1n) is 5.90. The van der Waals surface area contributed by atoms with Crippen LogP contribution in [0.5, 0.6) is 0 Å². The van der Waals surface area contributed by atoms with Crippen molar-refractivity contribution in [3.63, 3.8) is 0 Å². The fraction of sp³-hybridized carbons (Fsp3) is 0.500. The van der Waals surface area contributed by atoms with Crippen LogP contribution in [0.25, 0.3) is 0 Å². The van der Waals surface area contributed by atoms with Gasteiger partial charge in [0.05, 0.1) is 0 Å². The molecule has 0 amide bonds. The van der Waals surface area contributed by atoms with E-state index in [0.29, 0.717) is 19.0 Å². The Labute approximate surface area is 107 Å². The van der Waals surface area contributed by atoms with Gasteiger partial charge in [-0.25, -0.2) is 13.4 Å². The van der Waals surface area contributed by atoms with Gasteiger partial charge in [0.1, 0.15) is 16.7 Å². The van der Waals surface area contributed by atoms with Gasteiger partial charge in [-0.15, -0.1) is 0 Å². The lowest BCUT2D eigenvalue weighted by atomic mass is 10.0. The Balaban J connectivity index is 2.22. The van der Waals surface area contributed by atoms with Gasteiger partial charge < -0.3 is 0 Å². The molecule has 0 spiro atoms. The molecule has 0 unspecified atom stereocenters. The Morgan fingerprint density at radius 2 is 2.06 bits per heavy atom. The van der Waals surface area contributed by atoms with Crippen LogP contribution < -0.4 is 0 Å². The molecule has 0 atom stereocenters. The summed E-state index contributed by atoms with van der Waals surface area (Å²) in [5, 5.41) is 8.64. The van der Waals surface area contributed by atoms with E-state index in [2.05, 4.69) is 11.9 Å². The molecule has 2 heterocycles. The van der Waals surface area contributed by atoms with E-state index in [1.807, 2.05) is 6.07 Å². The van der Waals surface area contributed by atoms with E-state index in [-0.39, 0.29) is 10.6 Å². The van der Waals surface area contributed by atoms with Gasteiger partial charge in [-0.3, -0.25) is 0 Å². The molecule has 1 aliphatic rings. The number of nitrogens with zero attached hydrogens (tertiary/aromatic N) is 3. The molecule has 96 valence electrons. The van der Waals surface area contributed by atoms with Crippen molar-refractivity contribution in [2.45, 2.75) is 24.7 Å². The largest absolute Gasteiger partial charge is 0.244 e. The van der Waals surface area contributed by atoms with Crippen molar-refractivity contribution in [1.82, 2.24) is 9.29 Å². The maximum atomic E-state index is 12.3. The average Bonchev–Trinajstić information content (AvgIpc) is 2.39. The maximum Gasteiger partial charge on any atom is 0.244 e. The van der Waals surface area contributed by atoms with E-state index in [4.69, 9.17) is 5.26 Å². The second kappa shape index (κ2) is 5.04. The van der Waals surface area contributed by atoms with Crippen LogP contribution in [0.15, 0.2) is 23.2 Å². The summed E-state index contributed by atoms with van der Waals surface area (Å²) in [7, 11) is -3.45. The number of piperidine rings is 1. The quantitative estimate of drug-likeness (QED) is 0.809. The molecule has 0 aliphatic carbocycles. The number of hydrogen-bond acceptors (Lipinski definition) is 4. The maximum absolute atomic E-state index is 12.3. The minimum absolute atomic E-state index is 0.163. The number of pyridine rings is 1. The second-order valence-corrected chi connectivity index (χ2v) is 6.52. The first-order valence-corrected chi connectivity index (χ1v) is 7.34. The summed E-state index contributed by atoms with van der Waals surface area (Å²) in [4.78, 5) is 3.97. The van der Waals surface area contributed by atoms with Gasteiger partial charge in [0.15, 0.2) is 0 Å². The fourth-order valence-corrected chi connectivity index (χ4v) is 3.39. The van der Waals surface area contributed by atoms with E-state index in [1.54, 1.807) is 0 Å². The molecule has 1 aromatic heterocycles. The minimum Gasteiger partial charge on any atom is -0.244 e. The van der Waals surface area contributed by atoms with E-state index in [0.717, 1.165) is 12.8 Å². The predicted molar refractivity (Wildman–Crippen MR) is 66.1 cm³/mol. The highest BCUT2D eigenvalue weighted by Gasteiger charge is 2.28. The van der Waals surface area contributed by atoms with Crippen LogP contribution in [-0.2, 0) is 10.0 Å². The summed E-state index contributed by atoms with van der Waals surface area (Å²) in [6.45, 7) is 3.25. The third-order valence-electron chi connectivity index (χ3n) is 3.23. The summed E-state index contributed by atoms with van der Waals surface area (Å²) >= 11 is 0. The van der Waals surface area contributed by atoms with E-state index in [1.165, 1.54) is 22.6 Å². The first-order chi connectivity index (χ1) is 8.54. The average molecular weight is 265 g/mol. The van der Waals surface area contributed by atoms with Gasteiger partial charge >= 0.3 is 0 Å². The van der Waals surface area contributed by atoms with Crippen molar-refractivity contribution in [2.24, 2.45) is 5.92 Å². The normalized spacial score (nSPS) is 18.4. The van der Waals surface area contributed by atoms with Crippen LogP contribution in [0.4, 0.5) is 0 Å². The molecule has 1 fully saturated rings. The lowest BCUT2D eigenvalue weighted by Gasteiger charge is -2.29. The van der Waals surface area contributed by atoms with Crippen LogP contribution in [0.2, 0.25) is 0 Å². The highest BCUT2D eigenvalue weighted by molar-refractivity contribution is 7.89. The lowest BCUT2D eigenvalue weighted by Crippen LogP contribution is -2.37. The van der Waals surface area contributed by atoms with Gasteiger partial charge in [0.25, 0.3) is 0 Å². The monoisotopic (exact) mass is 265 g/mol. The lowest BCUT2D eigenvalue weighted by molar-refractivity contribution is 0.288. The summed E-state index contributed by atoms with van der Waals surface area (Å²) in [5.74, 6) is 0.579. The summed E-state index contributed by atoms with van der Waals surface area (Å²) < 4.78 is 26.1. The van der Waals surface area contributed by atoms with Crippen molar-refractivity contribution in [1.29, 1.82) is 5.26 Å². The van der Waals surface area contributed by atoms with Crippen molar-refractivity contribution < 1.29 is 8.42 Å². The number of sulfonamides is 1. The highest BCUT2D eigenvalue weighted by Crippen LogP contribution is 2.22. The molecule has 0 aromatic carbocycles. The summed E-state index contributed by atoms with van der Waals surface area (Å²) in [6, 6.07) is 4.74. The van der Waals surface area contributed by atoms with Gasteiger partial charge in [-0.05, 0) is 30.9 Å². The van der Waals surface area contributed by atoms with E-state index in [9.17, 15) is 8.42 Å². The molecule has 0 saturated carbocycles. The van der Waals surface area contributed by atoms with Crippen molar-refractivity contribution >= 4 is 10.0 Å². The van der Waals surface area contributed by atoms with Crippen LogP contribution in [0.1, 0.15) is 25.5 Å². The van der Waals surface area contributed by atoms with Crippen LogP contribution >= 0.6 is 0 Å². The van der Waals surface area contributed by atoms with Crippen LogP contribution in [-0.4, -0.2) is 30.8 Å². The molecule has 1 aromatic rings. The zero-order chi connectivity index (χ0) is 13.2. The predicted octanol–water partition coefficient (Wildman–Crippen LogP) is 1.37. The van der Waals surface area contributed by atoms with Gasteiger partial charge in [0, 0.05) is 19.3 Å². The number of rotatable bonds is 2. The SMILES string of the molecule is CC1CCN(S(=O)(=O)c2ccc(C#N)nc2)CC1. The zero-order valence-electron chi connectivity index (χ0n) is 10.2. The van der Waals surface area contributed by atoms with Gasteiger partial charge in [-0.1, -0.05) is 6.92 Å².